The van der Waals surface area contributed by atoms with Crippen molar-refractivity contribution in [1.82, 2.24) is 19.8 Å². The van der Waals surface area contributed by atoms with Crippen LogP contribution in [0.5, 0.6) is 0 Å². The van der Waals surface area contributed by atoms with Gasteiger partial charge in [0.25, 0.3) is 11.8 Å². The Morgan fingerprint density at radius 2 is 1.36 bits per heavy atom. The molecule has 0 spiro atoms. The normalized spacial score (nSPS) is 14.4. The standard InChI is InChI=1S/C11H13BrN2O3S.C11H15N3O3S.C5H11NO2/c2*1-11(2,3)17-10(16)14-5-4-6-7(8(14)15)18-9(12)13-6;1-5(2)3-4-8-6-7/h4-5H2,1-3H3;4-5H2,1-3H3,(H2,12,13);5H,3-4H2,1-2H3. The van der Waals surface area contributed by atoms with Crippen LogP contribution in [0.15, 0.2) is 9.26 Å². The van der Waals surface area contributed by atoms with Crippen molar-refractivity contribution in [2.75, 3.05) is 25.4 Å². The molecule has 4 amide bonds. The Hall–Kier alpha value is -3.18. The SMILES string of the molecule is CC(C)(C)OC(=O)N1CCc2nc(Br)sc2C1=O.CC(C)(C)OC(=O)N1CCc2nc(N)sc2C1=O.CC(C)CCON=O. The van der Waals surface area contributed by atoms with Crippen LogP contribution in [0.1, 0.15) is 92.5 Å². The van der Waals surface area contributed by atoms with Crippen molar-refractivity contribution in [3.8, 4) is 0 Å². The minimum atomic E-state index is -0.621. The van der Waals surface area contributed by atoms with Gasteiger partial charge in [-0.15, -0.1) is 16.2 Å². The average molecular weight is 720 g/mol. The van der Waals surface area contributed by atoms with Crippen molar-refractivity contribution in [2.45, 2.75) is 85.9 Å². The number of amides is 4. The Kier molecular flexibility index (Phi) is 13.2. The summed E-state index contributed by atoms with van der Waals surface area (Å²) in [5.41, 5.74) is 5.75. The summed E-state index contributed by atoms with van der Waals surface area (Å²) in [7, 11) is 0. The van der Waals surface area contributed by atoms with Crippen molar-refractivity contribution in [2.24, 2.45) is 11.3 Å². The number of hydrogen-bond donors (Lipinski definition) is 1. The molecule has 2 aliphatic rings. The van der Waals surface area contributed by atoms with Crippen LogP contribution < -0.4 is 5.73 Å². The van der Waals surface area contributed by atoms with E-state index in [1.54, 1.807) is 41.5 Å². The Bertz CT molecular complexity index is 1260. The van der Waals surface area contributed by atoms with Gasteiger partial charge in [-0.3, -0.25) is 9.59 Å². The van der Waals surface area contributed by atoms with Crippen LogP contribution in [0.2, 0.25) is 0 Å². The van der Waals surface area contributed by atoms with Crippen LogP contribution in [-0.2, 0) is 27.2 Å². The molecule has 0 radical (unpaired) electrons. The van der Waals surface area contributed by atoms with Crippen molar-refractivity contribution in [1.29, 1.82) is 0 Å². The van der Waals surface area contributed by atoms with E-state index in [4.69, 9.17) is 15.2 Å². The van der Waals surface area contributed by atoms with E-state index >= 15 is 0 Å². The van der Waals surface area contributed by atoms with Crippen LogP contribution >= 0.6 is 38.6 Å². The fourth-order valence-electron chi connectivity index (χ4n) is 3.56. The Balaban J connectivity index is 0.000000248. The zero-order valence-corrected chi connectivity index (χ0v) is 29.3. The minimum Gasteiger partial charge on any atom is -0.443 e. The highest BCUT2D eigenvalue weighted by Gasteiger charge is 2.35. The number of carbonyl (C=O) groups is 4. The van der Waals surface area contributed by atoms with E-state index in [1.165, 1.54) is 11.3 Å². The first-order valence-corrected chi connectivity index (χ1v) is 16.2. The van der Waals surface area contributed by atoms with Crippen molar-refractivity contribution in [3.63, 3.8) is 0 Å². The number of thiazole rings is 2. The Labute approximate surface area is 272 Å². The molecule has 44 heavy (non-hydrogen) atoms. The summed E-state index contributed by atoms with van der Waals surface area (Å²) >= 11 is 5.60. The number of halogens is 1. The molecule has 2 aliphatic heterocycles. The van der Waals surface area contributed by atoms with Gasteiger partial charge in [0.05, 0.1) is 11.4 Å². The van der Waals surface area contributed by atoms with Gasteiger partial charge in [-0.25, -0.2) is 29.4 Å². The lowest BCUT2D eigenvalue weighted by Crippen LogP contribution is -2.44. The van der Waals surface area contributed by atoms with Crippen LogP contribution in [-0.4, -0.2) is 74.7 Å². The second kappa shape index (κ2) is 15.7. The molecule has 0 aliphatic carbocycles. The van der Waals surface area contributed by atoms with Crippen molar-refractivity contribution < 1.29 is 33.5 Å². The van der Waals surface area contributed by atoms with E-state index in [-0.39, 0.29) is 18.4 Å². The van der Waals surface area contributed by atoms with Gasteiger partial charge in [-0.1, -0.05) is 25.2 Å². The molecule has 0 bridgehead atoms. The van der Waals surface area contributed by atoms with Gasteiger partial charge in [-0.05, 0) is 69.8 Å². The van der Waals surface area contributed by atoms with Crippen molar-refractivity contribution >= 4 is 67.7 Å². The van der Waals surface area contributed by atoms with Gasteiger partial charge >= 0.3 is 12.2 Å². The lowest BCUT2D eigenvalue weighted by Gasteiger charge is -2.27. The molecule has 17 heteroatoms. The minimum absolute atomic E-state index is 0.282. The zero-order chi connectivity index (χ0) is 33.4. The summed E-state index contributed by atoms with van der Waals surface area (Å²) in [6, 6.07) is 0. The molecule has 2 aromatic heterocycles. The number of nitrogen functional groups attached to an aromatic ring is 1. The van der Waals surface area contributed by atoms with Gasteiger partial charge in [0.2, 0.25) is 0 Å². The number of anilines is 1. The highest BCUT2D eigenvalue weighted by atomic mass is 79.9. The first kappa shape index (κ1) is 37.0. The number of aromatic nitrogens is 2. The number of nitrogens with zero attached hydrogens (tertiary/aromatic N) is 5. The fourth-order valence-corrected chi connectivity index (χ4v) is 5.87. The summed E-state index contributed by atoms with van der Waals surface area (Å²) in [6.07, 6.45) is 0.773. The second-order valence-corrected chi connectivity index (χ2v) is 15.3. The molecule has 4 heterocycles. The van der Waals surface area contributed by atoms with Crippen LogP contribution in [0.25, 0.3) is 0 Å². The van der Waals surface area contributed by atoms with Crippen LogP contribution in [0, 0.1) is 10.8 Å². The number of imide groups is 2. The van der Waals surface area contributed by atoms with Gasteiger partial charge in [0, 0.05) is 25.9 Å². The zero-order valence-electron chi connectivity index (χ0n) is 26.1. The molecule has 0 saturated carbocycles. The molecule has 2 aromatic rings. The summed E-state index contributed by atoms with van der Waals surface area (Å²) in [5, 5.41) is 2.60. The van der Waals surface area contributed by atoms with Gasteiger partial charge in [0.15, 0.2) is 14.4 Å². The number of nitrogens with two attached hydrogens (primary N) is 1. The quantitative estimate of drug-likeness (QED) is 0.215. The van der Waals surface area contributed by atoms with Gasteiger partial charge in [0.1, 0.15) is 27.6 Å². The molecule has 14 nitrogen and oxygen atoms in total. The molecular formula is C27H39BrN6O8S2. The Morgan fingerprint density at radius 1 is 0.909 bits per heavy atom. The molecule has 0 fully saturated rings. The summed E-state index contributed by atoms with van der Waals surface area (Å²) in [5.74, 6) is -0.120. The maximum Gasteiger partial charge on any atom is 0.417 e. The van der Waals surface area contributed by atoms with E-state index in [0.29, 0.717) is 56.4 Å². The topological polar surface area (TPSA) is 184 Å². The van der Waals surface area contributed by atoms with Gasteiger partial charge < -0.3 is 20.0 Å². The third-order valence-electron chi connectivity index (χ3n) is 5.48. The summed E-state index contributed by atoms with van der Waals surface area (Å²) in [6.45, 7) is 15.8. The van der Waals surface area contributed by atoms with E-state index in [0.717, 1.165) is 33.3 Å². The number of hydrogen-bond acceptors (Lipinski definition) is 14. The number of rotatable bonds is 4. The van der Waals surface area contributed by atoms with Crippen LogP contribution in [0.4, 0.5) is 14.7 Å². The van der Waals surface area contributed by atoms with E-state index < -0.39 is 23.4 Å². The molecule has 0 atom stereocenters. The number of ether oxygens (including phenoxy) is 2. The summed E-state index contributed by atoms with van der Waals surface area (Å²) < 4.78 is 11.1. The maximum absolute atomic E-state index is 12.1. The molecule has 0 saturated heterocycles. The average Bonchev–Trinajstić information content (AvgIpc) is 3.45. The highest BCUT2D eigenvalue weighted by molar-refractivity contribution is 9.11. The van der Waals surface area contributed by atoms with E-state index in [2.05, 4.69) is 49.9 Å². The third kappa shape index (κ3) is 11.4. The van der Waals surface area contributed by atoms with Gasteiger partial charge in [-0.2, -0.15) is 0 Å². The lowest BCUT2D eigenvalue weighted by atomic mass is 10.1. The monoisotopic (exact) mass is 718 g/mol. The number of carbonyl (C=O) groups excluding carboxylic acids is 4. The van der Waals surface area contributed by atoms with E-state index in [1.807, 2.05) is 0 Å². The maximum atomic E-state index is 12.1. The molecule has 0 unspecified atom stereocenters. The molecule has 2 N–H and O–H groups in total. The fraction of sp³-hybridized carbons (Fsp3) is 0.630. The van der Waals surface area contributed by atoms with E-state index in [9.17, 15) is 24.1 Å². The lowest BCUT2D eigenvalue weighted by molar-refractivity contribution is 0.0217. The predicted molar refractivity (Wildman–Crippen MR) is 169 cm³/mol. The first-order valence-electron chi connectivity index (χ1n) is 13.8. The molecule has 0 aromatic carbocycles. The molecular weight excluding hydrogens is 680 g/mol. The highest BCUT2D eigenvalue weighted by Crippen LogP contribution is 2.29. The third-order valence-corrected chi connectivity index (χ3v) is 7.93. The van der Waals surface area contributed by atoms with Crippen molar-refractivity contribution in [3.05, 3.63) is 30.0 Å². The smallest absolute Gasteiger partial charge is 0.417 e. The molecule has 4 rings (SSSR count). The van der Waals surface area contributed by atoms with Crippen LogP contribution in [0.3, 0.4) is 0 Å². The first-order chi connectivity index (χ1) is 20.3. The second-order valence-electron chi connectivity index (χ2n) is 12.0. The number of fused-ring (bicyclic) bond motifs is 2. The largest absolute Gasteiger partial charge is 0.443 e. The summed E-state index contributed by atoms with van der Waals surface area (Å²) in [4.78, 5) is 73.0. The predicted octanol–water partition coefficient (Wildman–Crippen LogP) is 6.23. The molecule has 244 valence electrons. The Morgan fingerprint density at radius 3 is 1.80 bits per heavy atom.